The van der Waals surface area contributed by atoms with Crippen LogP contribution in [0.1, 0.15) is 39.0 Å². The molecule has 0 aromatic heterocycles. The van der Waals surface area contributed by atoms with Gasteiger partial charge in [0.05, 0.1) is 0 Å². The van der Waals surface area contributed by atoms with Crippen LogP contribution in [0.5, 0.6) is 0 Å². The molecule has 0 radical (unpaired) electrons. The highest BCUT2D eigenvalue weighted by Gasteiger charge is 2.35. The molecular formula is C10H15F3O. The highest BCUT2D eigenvalue weighted by molar-refractivity contribution is 5.81. The molecule has 0 bridgehead atoms. The van der Waals surface area contributed by atoms with Crippen LogP contribution < -0.4 is 0 Å². The Hall–Kier alpha value is -0.540. The van der Waals surface area contributed by atoms with Crippen molar-refractivity contribution in [1.82, 2.24) is 0 Å². The van der Waals surface area contributed by atoms with Crippen molar-refractivity contribution >= 4 is 5.78 Å². The first-order valence-electron chi connectivity index (χ1n) is 4.98. The number of carbonyl (C=O) groups excluding carboxylic acids is 1. The number of Topliss-reactive ketones (excluding diaryl/α,β-unsaturated/α-hetero) is 1. The van der Waals surface area contributed by atoms with Gasteiger partial charge in [0, 0.05) is 5.92 Å². The normalized spacial score (nSPS) is 28.9. The Labute approximate surface area is 81.7 Å². The molecular weight excluding hydrogens is 193 g/mol. The molecule has 0 aliphatic heterocycles. The van der Waals surface area contributed by atoms with Crippen LogP contribution >= 0.6 is 0 Å². The highest BCUT2D eigenvalue weighted by Crippen LogP contribution is 2.32. The molecule has 1 rings (SSSR count). The van der Waals surface area contributed by atoms with Crippen LogP contribution in [0.3, 0.4) is 0 Å². The second-order valence-corrected chi connectivity index (χ2v) is 4.22. The first-order chi connectivity index (χ1) is 6.38. The van der Waals surface area contributed by atoms with Gasteiger partial charge in [-0.2, -0.15) is 13.2 Å². The molecule has 0 aromatic carbocycles. The lowest BCUT2D eigenvalue weighted by Gasteiger charge is -2.25. The molecule has 82 valence electrons. The molecule has 0 N–H and O–H groups in total. The van der Waals surface area contributed by atoms with Gasteiger partial charge in [0.2, 0.25) is 0 Å². The summed E-state index contributed by atoms with van der Waals surface area (Å²) in [6.07, 6.45) is -2.54. The minimum Gasteiger partial charge on any atom is -0.299 e. The minimum atomic E-state index is -4.33. The van der Waals surface area contributed by atoms with Gasteiger partial charge in [-0.05, 0) is 18.8 Å². The summed E-state index contributed by atoms with van der Waals surface area (Å²) in [5, 5.41) is 0. The molecule has 1 nitrogen and oxygen atoms in total. The molecule has 0 unspecified atom stereocenters. The van der Waals surface area contributed by atoms with Crippen LogP contribution in [0.2, 0.25) is 0 Å². The van der Waals surface area contributed by atoms with Crippen molar-refractivity contribution < 1.29 is 18.0 Å². The third-order valence-corrected chi connectivity index (χ3v) is 2.85. The zero-order chi connectivity index (χ0) is 10.8. The Balaban J connectivity index is 2.38. The van der Waals surface area contributed by atoms with Gasteiger partial charge in [-0.3, -0.25) is 4.79 Å². The fourth-order valence-electron chi connectivity index (χ4n) is 1.92. The number of carbonyl (C=O) groups is 1. The van der Waals surface area contributed by atoms with Crippen LogP contribution in [0.4, 0.5) is 13.2 Å². The maximum atomic E-state index is 11.9. The molecule has 0 heterocycles. The van der Waals surface area contributed by atoms with E-state index in [1.807, 2.05) is 0 Å². The van der Waals surface area contributed by atoms with Crippen molar-refractivity contribution in [2.75, 3.05) is 0 Å². The van der Waals surface area contributed by atoms with Crippen LogP contribution in [-0.4, -0.2) is 12.0 Å². The lowest BCUT2D eigenvalue weighted by atomic mass is 9.80. The van der Waals surface area contributed by atoms with Crippen LogP contribution in [0.15, 0.2) is 0 Å². The summed E-state index contributed by atoms with van der Waals surface area (Å²) in [7, 11) is 0. The van der Waals surface area contributed by atoms with E-state index in [9.17, 15) is 18.0 Å². The molecule has 4 heteroatoms. The van der Waals surface area contributed by atoms with E-state index in [1.54, 1.807) is 0 Å². The molecule has 0 saturated heterocycles. The van der Waals surface area contributed by atoms with Gasteiger partial charge in [0.15, 0.2) is 0 Å². The van der Waals surface area contributed by atoms with Crippen molar-refractivity contribution in [3.05, 3.63) is 0 Å². The van der Waals surface area contributed by atoms with E-state index < -0.39 is 18.4 Å². The number of ketones is 1. The standard InChI is InChI=1S/C10H15F3O/c1-7-2-4-8(5-3-7)9(14)6-10(11,12)13/h7-8H,2-6H2,1H3. The molecule has 0 spiro atoms. The predicted octanol–water partition coefficient (Wildman–Crippen LogP) is 3.33. The van der Waals surface area contributed by atoms with Gasteiger partial charge in [-0.25, -0.2) is 0 Å². The summed E-state index contributed by atoms with van der Waals surface area (Å²) in [4.78, 5) is 11.2. The summed E-state index contributed by atoms with van der Waals surface area (Å²) < 4.78 is 35.8. The molecule has 1 fully saturated rings. The zero-order valence-corrected chi connectivity index (χ0v) is 8.23. The molecule has 14 heavy (non-hydrogen) atoms. The van der Waals surface area contributed by atoms with E-state index in [-0.39, 0.29) is 5.92 Å². The quantitative estimate of drug-likeness (QED) is 0.680. The number of hydrogen-bond donors (Lipinski definition) is 0. The van der Waals surface area contributed by atoms with E-state index in [2.05, 4.69) is 6.92 Å². The second-order valence-electron chi connectivity index (χ2n) is 4.22. The Morgan fingerprint density at radius 3 is 2.14 bits per heavy atom. The van der Waals surface area contributed by atoms with E-state index >= 15 is 0 Å². The lowest BCUT2D eigenvalue weighted by Crippen LogP contribution is -2.25. The third kappa shape index (κ3) is 3.68. The summed E-state index contributed by atoms with van der Waals surface area (Å²) in [6.45, 7) is 2.07. The van der Waals surface area contributed by atoms with E-state index in [0.717, 1.165) is 12.8 Å². The number of alkyl halides is 3. The molecule has 1 aliphatic carbocycles. The molecule has 0 atom stereocenters. The van der Waals surface area contributed by atoms with Gasteiger partial charge in [-0.1, -0.05) is 19.8 Å². The summed E-state index contributed by atoms with van der Waals surface area (Å²) in [6, 6.07) is 0. The van der Waals surface area contributed by atoms with Gasteiger partial charge >= 0.3 is 6.18 Å². The van der Waals surface area contributed by atoms with Gasteiger partial charge in [0.25, 0.3) is 0 Å². The zero-order valence-electron chi connectivity index (χ0n) is 8.23. The summed E-state index contributed by atoms with van der Waals surface area (Å²) in [5.41, 5.74) is 0. The predicted molar refractivity (Wildman–Crippen MR) is 46.8 cm³/mol. The Bertz CT molecular complexity index is 202. The maximum Gasteiger partial charge on any atom is 0.395 e. The average molecular weight is 208 g/mol. The number of rotatable bonds is 2. The Kier molecular flexibility index (Phi) is 3.56. The lowest BCUT2D eigenvalue weighted by molar-refractivity contribution is -0.155. The summed E-state index contributed by atoms with van der Waals surface area (Å²) in [5.74, 6) is -0.401. The van der Waals surface area contributed by atoms with Crippen LogP contribution in [0.25, 0.3) is 0 Å². The van der Waals surface area contributed by atoms with E-state index in [4.69, 9.17) is 0 Å². The Morgan fingerprint density at radius 2 is 1.71 bits per heavy atom. The maximum absolute atomic E-state index is 11.9. The largest absolute Gasteiger partial charge is 0.395 e. The monoisotopic (exact) mass is 208 g/mol. The topological polar surface area (TPSA) is 17.1 Å². The second kappa shape index (κ2) is 4.32. The first kappa shape index (κ1) is 11.5. The first-order valence-corrected chi connectivity index (χ1v) is 4.98. The van der Waals surface area contributed by atoms with E-state index in [1.165, 1.54) is 0 Å². The van der Waals surface area contributed by atoms with Crippen molar-refractivity contribution in [3.63, 3.8) is 0 Å². The smallest absolute Gasteiger partial charge is 0.299 e. The number of hydrogen-bond acceptors (Lipinski definition) is 1. The van der Waals surface area contributed by atoms with Crippen LogP contribution in [-0.2, 0) is 4.79 Å². The minimum absolute atomic E-state index is 0.340. The van der Waals surface area contributed by atoms with Gasteiger partial charge in [0.1, 0.15) is 12.2 Å². The Morgan fingerprint density at radius 1 is 1.21 bits per heavy atom. The van der Waals surface area contributed by atoms with Crippen LogP contribution in [0, 0.1) is 11.8 Å². The molecule has 0 amide bonds. The van der Waals surface area contributed by atoms with Gasteiger partial charge in [-0.15, -0.1) is 0 Å². The fraction of sp³-hybridized carbons (Fsp3) is 0.900. The average Bonchev–Trinajstić information content (AvgIpc) is 2.02. The molecule has 1 aliphatic rings. The van der Waals surface area contributed by atoms with Crippen molar-refractivity contribution in [1.29, 1.82) is 0 Å². The van der Waals surface area contributed by atoms with Crippen molar-refractivity contribution in [3.8, 4) is 0 Å². The third-order valence-electron chi connectivity index (χ3n) is 2.85. The van der Waals surface area contributed by atoms with Crippen molar-refractivity contribution in [2.45, 2.75) is 45.2 Å². The SMILES string of the molecule is CC1CCC(C(=O)CC(F)(F)F)CC1. The van der Waals surface area contributed by atoms with E-state index in [0.29, 0.717) is 18.8 Å². The van der Waals surface area contributed by atoms with Gasteiger partial charge < -0.3 is 0 Å². The molecule has 0 aromatic rings. The molecule has 1 saturated carbocycles. The summed E-state index contributed by atoms with van der Waals surface area (Å²) >= 11 is 0. The fourth-order valence-corrected chi connectivity index (χ4v) is 1.92. The number of halogens is 3. The van der Waals surface area contributed by atoms with Crippen molar-refractivity contribution in [2.24, 2.45) is 11.8 Å². The highest BCUT2D eigenvalue weighted by atomic mass is 19.4.